The minimum Gasteiger partial charge on any atom is -0.507 e. The maximum atomic E-state index is 13.1. The molecule has 2 heterocycles. The standard InChI is InChI=1S/C23H22O9/c1-22(2)31-20-21(32-22)30-19(23(20,3)29)18(28)11-8-12(24)13-14(17(11)27)16(26)10-7-5-4-6-9(10)15(13)25/h4-8,18-21,24,27-29H,1-3H3/t18-,19-,20-,21+,23-/m1/s1. The highest BCUT2D eigenvalue weighted by Gasteiger charge is 2.63. The van der Waals surface area contributed by atoms with Gasteiger partial charge in [-0.2, -0.15) is 0 Å². The van der Waals surface area contributed by atoms with Gasteiger partial charge in [-0.25, -0.2) is 0 Å². The average Bonchev–Trinajstić information content (AvgIpc) is 3.17. The summed E-state index contributed by atoms with van der Waals surface area (Å²) in [6, 6.07) is 7.07. The summed E-state index contributed by atoms with van der Waals surface area (Å²) in [5, 5.41) is 43.6. The lowest BCUT2D eigenvalue weighted by Gasteiger charge is -2.33. The van der Waals surface area contributed by atoms with Gasteiger partial charge in [0.2, 0.25) is 0 Å². The Hall–Kier alpha value is -2.82. The highest BCUT2D eigenvalue weighted by Crippen LogP contribution is 2.49. The van der Waals surface area contributed by atoms with Gasteiger partial charge in [0.25, 0.3) is 0 Å². The van der Waals surface area contributed by atoms with E-state index in [1.807, 2.05) is 0 Å². The van der Waals surface area contributed by atoms with Gasteiger partial charge >= 0.3 is 0 Å². The van der Waals surface area contributed by atoms with Crippen LogP contribution in [0.2, 0.25) is 0 Å². The number of aromatic hydroxyl groups is 2. The number of phenolic OH excluding ortho intramolecular Hbond substituents is 2. The number of rotatable bonds is 2. The fraction of sp³-hybridized carbons (Fsp3) is 0.391. The third-order valence-electron chi connectivity index (χ3n) is 6.28. The number of aliphatic hydroxyl groups excluding tert-OH is 1. The molecule has 0 spiro atoms. The summed E-state index contributed by atoms with van der Waals surface area (Å²) in [6.45, 7) is 4.71. The number of aliphatic hydroxyl groups is 2. The first-order valence-electron chi connectivity index (χ1n) is 10.1. The molecule has 32 heavy (non-hydrogen) atoms. The molecule has 2 saturated heterocycles. The Kier molecular flexibility index (Phi) is 4.34. The number of fused-ring (bicyclic) bond motifs is 3. The third-order valence-corrected chi connectivity index (χ3v) is 6.28. The summed E-state index contributed by atoms with van der Waals surface area (Å²) >= 11 is 0. The predicted molar refractivity (Wildman–Crippen MR) is 107 cm³/mol. The Morgan fingerprint density at radius 2 is 1.56 bits per heavy atom. The number of hydrogen-bond donors (Lipinski definition) is 4. The Morgan fingerprint density at radius 3 is 2.16 bits per heavy atom. The van der Waals surface area contributed by atoms with E-state index in [4.69, 9.17) is 14.2 Å². The van der Waals surface area contributed by atoms with Gasteiger partial charge in [0.1, 0.15) is 35.4 Å². The molecule has 0 unspecified atom stereocenters. The zero-order valence-electron chi connectivity index (χ0n) is 17.5. The fourth-order valence-corrected chi connectivity index (χ4v) is 4.73. The van der Waals surface area contributed by atoms with E-state index in [0.29, 0.717) is 0 Å². The minimum atomic E-state index is -1.73. The van der Waals surface area contributed by atoms with Crippen LogP contribution in [0.1, 0.15) is 64.3 Å². The maximum Gasteiger partial charge on any atom is 0.198 e. The highest BCUT2D eigenvalue weighted by atomic mass is 16.8. The lowest BCUT2D eigenvalue weighted by atomic mass is 9.80. The number of benzene rings is 2. The normalized spacial score (nSPS) is 31.2. The van der Waals surface area contributed by atoms with Crippen LogP contribution in [0.25, 0.3) is 0 Å². The third kappa shape index (κ3) is 2.76. The largest absolute Gasteiger partial charge is 0.507 e. The molecule has 0 saturated carbocycles. The Morgan fingerprint density at radius 1 is 0.969 bits per heavy atom. The SMILES string of the molecule is CC1(C)O[C@@H]2O[C@H]([C@H](O)c3cc(O)c4c(c3O)C(=O)c3ccccc3C4=O)[C@@](C)(O)[C@@H]2O1. The molecule has 2 aromatic rings. The van der Waals surface area contributed by atoms with Crippen LogP contribution in [0.5, 0.6) is 11.5 Å². The molecule has 5 atom stereocenters. The van der Waals surface area contributed by atoms with E-state index in [0.717, 1.165) is 6.07 Å². The van der Waals surface area contributed by atoms with E-state index < -0.39 is 64.6 Å². The molecule has 9 heteroatoms. The lowest BCUT2D eigenvalue weighted by molar-refractivity contribution is -0.240. The van der Waals surface area contributed by atoms with Crippen LogP contribution in [0.4, 0.5) is 0 Å². The Labute approximate surface area is 182 Å². The first kappa shape index (κ1) is 21.0. The van der Waals surface area contributed by atoms with Crippen LogP contribution < -0.4 is 0 Å². The molecule has 9 nitrogen and oxygen atoms in total. The van der Waals surface area contributed by atoms with Gasteiger partial charge in [-0.1, -0.05) is 24.3 Å². The van der Waals surface area contributed by atoms with Crippen molar-refractivity contribution in [1.82, 2.24) is 0 Å². The fourth-order valence-electron chi connectivity index (χ4n) is 4.73. The molecular formula is C23H22O9. The van der Waals surface area contributed by atoms with Crippen molar-refractivity contribution in [3.63, 3.8) is 0 Å². The first-order valence-corrected chi connectivity index (χ1v) is 10.1. The number of ketones is 2. The molecule has 3 aliphatic rings. The molecule has 0 aromatic heterocycles. The zero-order valence-corrected chi connectivity index (χ0v) is 17.5. The van der Waals surface area contributed by atoms with Gasteiger partial charge in [-0.15, -0.1) is 0 Å². The second-order valence-electron chi connectivity index (χ2n) is 8.94. The van der Waals surface area contributed by atoms with Crippen LogP contribution in [0.15, 0.2) is 30.3 Å². The van der Waals surface area contributed by atoms with Crippen LogP contribution in [-0.2, 0) is 14.2 Å². The van der Waals surface area contributed by atoms with Crippen molar-refractivity contribution < 1.29 is 44.2 Å². The molecule has 4 N–H and O–H groups in total. The summed E-state index contributed by atoms with van der Waals surface area (Å²) in [5.74, 6) is -3.53. The van der Waals surface area contributed by atoms with Crippen molar-refractivity contribution in [3.05, 3.63) is 58.1 Å². The molecule has 2 fully saturated rings. The van der Waals surface area contributed by atoms with Crippen LogP contribution in [0, 0.1) is 0 Å². The number of phenols is 2. The number of hydrogen-bond acceptors (Lipinski definition) is 9. The zero-order chi connectivity index (χ0) is 23.2. The minimum absolute atomic E-state index is 0.0778. The van der Waals surface area contributed by atoms with Crippen LogP contribution in [-0.4, -0.2) is 61.9 Å². The lowest BCUT2D eigenvalue weighted by Crippen LogP contribution is -2.48. The number of carbonyl (C=O) groups is 2. The van der Waals surface area contributed by atoms with Gasteiger partial charge in [0.05, 0.1) is 11.1 Å². The van der Waals surface area contributed by atoms with E-state index in [2.05, 4.69) is 0 Å². The summed E-state index contributed by atoms with van der Waals surface area (Å²) in [7, 11) is 0. The Bertz CT molecular complexity index is 1170. The molecule has 2 aromatic carbocycles. The quantitative estimate of drug-likeness (QED) is 0.435. The van der Waals surface area contributed by atoms with Gasteiger partial charge < -0.3 is 34.6 Å². The van der Waals surface area contributed by atoms with E-state index in [1.165, 1.54) is 19.1 Å². The average molecular weight is 442 g/mol. The van der Waals surface area contributed by atoms with Crippen LogP contribution >= 0.6 is 0 Å². The topological polar surface area (TPSA) is 143 Å². The monoisotopic (exact) mass is 442 g/mol. The molecule has 0 bridgehead atoms. The molecular weight excluding hydrogens is 420 g/mol. The summed E-state index contributed by atoms with van der Waals surface area (Å²) in [5.41, 5.74) is -2.57. The van der Waals surface area contributed by atoms with Gasteiger partial charge in [-0.3, -0.25) is 9.59 Å². The summed E-state index contributed by atoms with van der Waals surface area (Å²) < 4.78 is 17.0. The molecule has 5 rings (SSSR count). The molecule has 168 valence electrons. The summed E-state index contributed by atoms with van der Waals surface area (Å²) in [6.07, 6.45) is -4.88. The highest BCUT2D eigenvalue weighted by molar-refractivity contribution is 6.30. The number of ether oxygens (including phenoxy) is 3. The second kappa shape index (κ2) is 6.60. The van der Waals surface area contributed by atoms with Gasteiger partial charge in [0.15, 0.2) is 23.6 Å². The van der Waals surface area contributed by atoms with Crippen molar-refractivity contribution >= 4 is 11.6 Å². The second-order valence-corrected chi connectivity index (χ2v) is 8.94. The first-order chi connectivity index (χ1) is 14.9. The van der Waals surface area contributed by atoms with E-state index in [9.17, 15) is 30.0 Å². The van der Waals surface area contributed by atoms with Crippen molar-refractivity contribution in [3.8, 4) is 11.5 Å². The molecule has 0 radical (unpaired) electrons. The van der Waals surface area contributed by atoms with Crippen LogP contribution in [0.3, 0.4) is 0 Å². The van der Waals surface area contributed by atoms with Crippen molar-refractivity contribution in [2.45, 2.75) is 56.8 Å². The van der Waals surface area contributed by atoms with Crippen molar-refractivity contribution in [1.29, 1.82) is 0 Å². The van der Waals surface area contributed by atoms with Gasteiger partial charge in [-0.05, 0) is 26.8 Å². The summed E-state index contributed by atoms with van der Waals surface area (Å²) in [4.78, 5) is 25.9. The number of carbonyl (C=O) groups excluding carboxylic acids is 2. The van der Waals surface area contributed by atoms with E-state index in [1.54, 1.807) is 26.0 Å². The maximum absolute atomic E-state index is 13.1. The van der Waals surface area contributed by atoms with Crippen molar-refractivity contribution in [2.75, 3.05) is 0 Å². The predicted octanol–water partition coefficient (Wildman–Crippen LogP) is 1.53. The molecule has 2 aliphatic heterocycles. The van der Waals surface area contributed by atoms with Gasteiger partial charge in [0, 0.05) is 16.7 Å². The Balaban J connectivity index is 1.57. The van der Waals surface area contributed by atoms with E-state index in [-0.39, 0.29) is 22.3 Å². The smallest absolute Gasteiger partial charge is 0.198 e. The molecule has 1 aliphatic carbocycles. The molecule has 0 amide bonds. The van der Waals surface area contributed by atoms with E-state index >= 15 is 0 Å². The van der Waals surface area contributed by atoms with Crippen molar-refractivity contribution in [2.24, 2.45) is 0 Å².